The monoisotopic (exact) mass is 307 g/mol. The summed E-state index contributed by atoms with van der Waals surface area (Å²) in [4.78, 5) is 12.3. The van der Waals surface area contributed by atoms with E-state index in [2.05, 4.69) is 13.0 Å². The van der Waals surface area contributed by atoms with E-state index in [0.29, 0.717) is 13.2 Å². The van der Waals surface area contributed by atoms with Gasteiger partial charge in [0.05, 0.1) is 37.7 Å². The van der Waals surface area contributed by atoms with Crippen molar-refractivity contribution >= 4 is 5.97 Å². The van der Waals surface area contributed by atoms with Crippen LogP contribution in [0.2, 0.25) is 0 Å². The number of carbonyl (C=O) groups is 1. The Morgan fingerprint density at radius 2 is 2.00 bits per heavy atom. The first kappa shape index (κ1) is 15.8. The fraction of sp³-hybridized carbons (Fsp3) is 0.882. The number of ether oxygens (including phenoxy) is 3. The second-order valence-electron chi connectivity index (χ2n) is 7.42. The van der Waals surface area contributed by atoms with Crippen molar-refractivity contribution in [2.75, 3.05) is 20.3 Å². The number of esters is 1. The highest BCUT2D eigenvalue weighted by atomic mass is 16.7. The van der Waals surface area contributed by atoms with Crippen molar-refractivity contribution in [1.29, 1.82) is 5.26 Å². The molecule has 1 heterocycles. The van der Waals surface area contributed by atoms with Crippen LogP contribution in [0.25, 0.3) is 0 Å². The fourth-order valence-corrected chi connectivity index (χ4v) is 5.49. The van der Waals surface area contributed by atoms with E-state index in [1.54, 1.807) is 0 Å². The van der Waals surface area contributed by atoms with Crippen LogP contribution in [0.5, 0.6) is 0 Å². The lowest BCUT2D eigenvalue weighted by atomic mass is 9.64. The lowest BCUT2D eigenvalue weighted by Crippen LogP contribution is -2.49. The minimum Gasteiger partial charge on any atom is -0.469 e. The maximum absolute atomic E-state index is 12.3. The third kappa shape index (κ3) is 1.74. The Bertz CT molecular complexity index is 521. The van der Waals surface area contributed by atoms with Gasteiger partial charge < -0.3 is 14.2 Å². The highest BCUT2D eigenvalue weighted by Gasteiger charge is 2.73. The molecule has 0 N–H and O–H groups in total. The van der Waals surface area contributed by atoms with E-state index in [-0.39, 0.29) is 29.1 Å². The second kappa shape index (κ2) is 4.94. The Kier molecular flexibility index (Phi) is 3.54. The van der Waals surface area contributed by atoms with Crippen LogP contribution in [0.1, 0.15) is 40.0 Å². The highest BCUT2D eigenvalue weighted by molar-refractivity contribution is 5.73. The maximum Gasteiger partial charge on any atom is 0.308 e. The number of fused-ring (bicyclic) bond motifs is 2. The van der Waals surface area contributed by atoms with E-state index in [1.165, 1.54) is 7.11 Å². The van der Waals surface area contributed by atoms with Crippen LogP contribution in [-0.4, -0.2) is 32.1 Å². The summed E-state index contributed by atoms with van der Waals surface area (Å²) in [6.07, 6.45) is 2.44. The quantitative estimate of drug-likeness (QED) is 0.733. The van der Waals surface area contributed by atoms with Crippen molar-refractivity contribution in [2.45, 2.75) is 45.8 Å². The van der Waals surface area contributed by atoms with Crippen molar-refractivity contribution < 1.29 is 19.0 Å². The number of hydrogen-bond acceptors (Lipinski definition) is 5. The van der Waals surface area contributed by atoms with Gasteiger partial charge in [0, 0.05) is 12.3 Å². The predicted molar refractivity (Wildman–Crippen MR) is 78.5 cm³/mol. The molecule has 1 saturated heterocycles. The molecule has 0 amide bonds. The zero-order valence-corrected chi connectivity index (χ0v) is 13.8. The van der Waals surface area contributed by atoms with Gasteiger partial charge in [-0.2, -0.15) is 5.26 Å². The van der Waals surface area contributed by atoms with Crippen molar-refractivity contribution in [3.63, 3.8) is 0 Å². The van der Waals surface area contributed by atoms with Gasteiger partial charge in [-0.05, 0) is 31.1 Å². The molecule has 5 heteroatoms. The number of nitrogens with zero attached hydrogens (tertiary/aromatic N) is 1. The van der Waals surface area contributed by atoms with E-state index in [1.807, 2.05) is 13.8 Å². The molecular formula is C17H25NO4. The highest BCUT2D eigenvalue weighted by Crippen LogP contribution is 2.71. The third-order valence-electron chi connectivity index (χ3n) is 6.70. The molecule has 2 saturated carbocycles. The number of nitriles is 1. The van der Waals surface area contributed by atoms with Gasteiger partial charge in [0.15, 0.2) is 5.79 Å². The Morgan fingerprint density at radius 3 is 2.55 bits per heavy atom. The first-order valence-corrected chi connectivity index (χ1v) is 8.13. The SMILES string of the molecule is COC(=O)[C@H](C)[C@]12CCC3(OCCO3)[C@H]1[C@](C)(C#N)[C@H](C)C2. The molecule has 0 aromatic heterocycles. The molecule has 5 nitrogen and oxygen atoms in total. The molecular weight excluding hydrogens is 282 g/mol. The van der Waals surface area contributed by atoms with Crippen LogP contribution in [0.4, 0.5) is 0 Å². The largest absolute Gasteiger partial charge is 0.469 e. The van der Waals surface area contributed by atoms with Crippen molar-refractivity contribution in [3.05, 3.63) is 0 Å². The Hall–Kier alpha value is -1.12. The van der Waals surface area contributed by atoms with Crippen LogP contribution in [0.3, 0.4) is 0 Å². The van der Waals surface area contributed by atoms with Crippen LogP contribution in [0, 0.1) is 39.9 Å². The second-order valence-corrected chi connectivity index (χ2v) is 7.42. The van der Waals surface area contributed by atoms with Gasteiger partial charge in [-0.25, -0.2) is 0 Å². The maximum atomic E-state index is 12.3. The van der Waals surface area contributed by atoms with E-state index in [9.17, 15) is 10.1 Å². The third-order valence-corrected chi connectivity index (χ3v) is 6.70. The summed E-state index contributed by atoms with van der Waals surface area (Å²) in [5.41, 5.74) is -0.829. The van der Waals surface area contributed by atoms with Gasteiger partial charge >= 0.3 is 5.97 Å². The van der Waals surface area contributed by atoms with Gasteiger partial charge in [0.2, 0.25) is 0 Å². The average molecular weight is 307 g/mol. The molecule has 122 valence electrons. The molecule has 3 aliphatic rings. The number of rotatable bonds is 2. The summed E-state index contributed by atoms with van der Waals surface area (Å²) >= 11 is 0. The van der Waals surface area contributed by atoms with Crippen molar-refractivity contribution in [3.8, 4) is 6.07 Å². The first-order chi connectivity index (χ1) is 10.4. The van der Waals surface area contributed by atoms with Gasteiger partial charge in [-0.15, -0.1) is 0 Å². The molecule has 22 heavy (non-hydrogen) atoms. The molecule has 3 rings (SSSR count). The zero-order chi connectivity index (χ0) is 16.2. The standard InChI is InChI=1S/C17H25NO4/c1-11-9-16(12(2)13(19)20-4)5-6-17(21-7-8-22-17)14(16)15(11,3)10-18/h11-12,14H,5-9H2,1-4H3/t11-,12+,14+,15-,16-/m1/s1. The van der Waals surface area contributed by atoms with E-state index >= 15 is 0 Å². The van der Waals surface area contributed by atoms with Gasteiger partial charge in [0.25, 0.3) is 0 Å². The Labute approximate surface area is 131 Å². The van der Waals surface area contributed by atoms with E-state index in [0.717, 1.165) is 19.3 Å². The smallest absolute Gasteiger partial charge is 0.308 e. The Morgan fingerprint density at radius 1 is 1.36 bits per heavy atom. The molecule has 0 radical (unpaired) electrons. The number of carbonyl (C=O) groups excluding carboxylic acids is 1. The lowest BCUT2D eigenvalue weighted by Gasteiger charge is -2.42. The number of methoxy groups -OCH3 is 1. The van der Waals surface area contributed by atoms with Crippen LogP contribution >= 0.6 is 0 Å². The number of hydrogen-bond donors (Lipinski definition) is 0. The zero-order valence-electron chi connectivity index (χ0n) is 13.8. The Balaban J connectivity index is 2.10. The minimum absolute atomic E-state index is 0.0934. The summed E-state index contributed by atoms with van der Waals surface area (Å²) in [7, 11) is 1.43. The molecule has 0 aromatic carbocycles. The van der Waals surface area contributed by atoms with Crippen LogP contribution < -0.4 is 0 Å². The predicted octanol–water partition coefficient (Wildman–Crippen LogP) is 2.50. The summed E-state index contributed by atoms with van der Waals surface area (Å²) in [5, 5.41) is 9.90. The molecule has 2 aliphatic carbocycles. The molecule has 0 aromatic rings. The summed E-state index contributed by atoms with van der Waals surface area (Å²) in [6, 6.07) is 2.54. The molecule has 0 unspecified atom stereocenters. The minimum atomic E-state index is -0.697. The average Bonchev–Trinajstić information content (AvgIpc) is 3.17. The molecule has 5 atom stereocenters. The van der Waals surface area contributed by atoms with E-state index in [4.69, 9.17) is 14.2 Å². The molecule has 1 aliphatic heterocycles. The van der Waals surface area contributed by atoms with Crippen molar-refractivity contribution in [1.82, 2.24) is 0 Å². The van der Waals surface area contributed by atoms with Gasteiger partial charge in [-0.1, -0.05) is 13.8 Å². The van der Waals surface area contributed by atoms with Crippen LogP contribution in [-0.2, 0) is 19.0 Å². The molecule has 0 bridgehead atoms. The molecule has 3 fully saturated rings. The summed E-state index contributed by atoms with van der Waals surface area (Å²) in [6.45, 7) is 7.18. The first-order valence-electron chi connectivity index (χ1n) is 8.13. The fourth-order valence-electron chi connectivity index (χ4n) is 5.49. The summed E-state index contributed by atoms with van der Waals surface area (Å²) < 4.78 is 17.1. The van der Waals surface area contributed by atoms with Crippen LogP contribution in [0.15, 0.2) is 0 Å². The van der Waals surface area contributed by atoms with Gasteiger partial charge in [-0.3, -0.25) is 4.79 Å². The van der Waals surface area contributed by atoms with Crippen molar-refractivity contribution in [2.24, 2.45) is 28.6 Å². The van der Waals surface area contributed by atoms with E-state index < -0.39 is 11.2 Å². The molecule has 1 spiro atoms. The summed E-state index contributed by atoms with van der Waals surface area (Å²) in [5.74, 6) is -1.05. The lowest BCUT2D eigenvalue weighted by molar-refractivity contribution is -0.211. The normalized spacial score (nSPS) is 43.8. The topological polar surface area (TPSA) is 68.6 Å². The van der Waals surface area contributed by atoms with Gasteiger partial charge in [0.1, 0.15) is 0 Å².